The van der Waals surface area contributed by atoms with Crippen LogP contribution in [0.25, 0.3) is 10.2 Å². The van der Waals surface area contributed by atoms with Crippen molar-refractivity contribution in [2.24, 2.45) is 0 Å². The number of amides is 1. The van der Waals surface area contributed by atoms with Crippen molar-refractivity contribution < 1.29 is 9.32 Å². The van der Waals surface area contributed by atoms with Gasteiger partial charge in [0.05, 0.1) is 15.2 Å². The fraction of sp³-hybridized carbons (Fsp3) is 0.353. The Morgan fingerprint density at radius 3 is 3.04 bits per heavy atom. The maximum absolute atomic E-state index is 12.0. The average molecular weight is 327 g/mol. The van der Waals surface area contributed by atoms with Gasteiger partial charge in [0.15, 0.2) is 5.69 Å². The van der Waals surface area contributed by atoms with E-state index < -0.39 is 0 Å². The van der Waals surface area contributed by atoms with Gasteiger partial charge < -0.3 is 9.84 Å². The molecule has 1 N–H and O–H groups in total. The number of carbonyl (C=O) groups is 1. The zero-order valence-electron chi connectivity index (χ0n) is 12.6. The summed E-state index contributed by atoms with van der Waals surface area (Å²) in [5, 5.41) is 7.85. The van der Waals surface area contributed by atoms with E-state index in [4.69, 9.17) is 4.52 Å². The third kappa shape index (κ3) is 3.27. The second-order valence-electron chi connectivity index (χ2n) is 5.82. The Kier molecular flexibility index (Phi) is 3.83. The number of nitrogens with one attached hydrogen (secondary N) is 1. The van der Waals surface area contributed by atoms with Crippen molar-refractivity contribution in [2.45, 2.75) is 31.6 Å². The number of benzene rings is 1. The van der Waals surface area contributed by atoms with E-state index in [0.29, 0.717) is 18.2 Å². The third-order valence-corrected chi connectivity index (χ3v) is 5.03. The molecule has 1 saturated carbocycles. The molecule has 1 aliphatic rings. The second kappa shape index (κ2) is 6.12. The summed E-state index contributed by atoms with van der Waals surface area (Å²) in [5.74, 6) is 1.15. The zero-order valence-corrected chi connectivity index (χ0v) is 13.4. The topological polar surface area (TPSA) is 68.0 Å². The Morgan fingerprint density at radius 2 is 2.22 bits per heavy atom. The lowest BCUT2D eigenvalue weighted by atomic mass is 10.2. The summed E-state index contributed by atoms with van der Waals surface area (Å²) in [4.78, 5) is 16.6. The van der Waals surface area contributed by atoms with Crippen LogP contribution in [-0.4, -0.2) is 22.6 Å². The van der Waals surface area contributed by atoms with Gasteiger partial charge in [-0.15, -0.1) is 11.3 Å². The molecule has 0 bridgehead atoms. The Hall–Kier alpha value is -2.21. The molecule has 1 amide bonds. The molecule has 0 atom stereocenters. The first-order chi connectivity index (χ1) is 11.3. The molecule has 5 nitrogen and oxygen atoms in total. The Balaban J connectivity index is 1.26. The Morgan fingerprint density at radius 1 is 1.35 bits per heavy atom. The number of aryl methyl sites for hydroxylation is 1. The molecule has 0 saturated heterocycles. The molecule has 0 aliphatic heterocycles. The van der Waals surface area contributed by atoms with Crippen LogP contribution in [0.4, 0.5) is 0 Å². The van der Waals surface area contributed by atoms with Gasteiger partial charge in [-0.2, -0.15) is 0 Å². The maximum atomic E-state index is 12.0. The van der Waals surface area contributed by atoms with E-state index in [1.54, 1.807) is 17.4 Å². The van der Waals surface area contributed by atoms with Gasteiger partial charge in [0.1, 0.15) is 5.76 Å². The molecule has 0 radical (unpaired) electrons. The largest absolute Gasteiger partial charge is 0.360 e. The summed E-state index contributed by atoms with van der Waals surface area (Å²) in [6.45, 7) is 0.611. The van der Waals surface area contributed by atoms with E-state index in [2.05, 4.69) is 21.5 Å². The minimum absolute atomic E-state index is 0.162. The number of para-hydroxylation sites is 1. The van der Waals surface area contributed by atoms with Crippen LogP contribution in [0, 0.1) is 0 Å². The van der Waals surface area contributed by atoms with Crippen LogP contribution >= 0.6 is 11.3 Å². The van der Waals surface area contributed by atoms with Gasteiger partial charge in [-0.1, -0.05) is 17.3 Å². The summed E-state index contributed by atoms with van der Waals surface area (Å²) in [6.07, 6.45) is 4.00. The van der Waals surface area contributed by atoms with Gasteiger partial charge in [-0.05, 0) is 31.4 Å². The predicted molar refractivity (Wildman–Crippen MR) is 88.8 cm³/mol. The monoisotopic (exact) mass is 327 g/mol. The molecule has 1 aromatic carbocycles. The predicted octanol–water partition coefficient (Wildman–Crippen LogP) is 3.52. The van der Waals surface area contributed by atoms with Crippen molar-refractivity contribution in [3.63, 3.8) is 0 Å². The van der Waals surface area contributed by atoms with Crippen LogP contribution in [0.1, 0.15) is 46.4 Å². The zero-order chi connectivity index (χ0) is 15.6. The van der Waals surface area contributed by atoms with Crippen molar-refractivity contribution in [3.05, 3.63) is 46.8 Å². The van der Waals surface area contributed by atoms with Gasteiger partial charge in [0.2, 0.25) is 0 Å². The molecule has 4 rings (SSSR count). The van der Waals surface area contributed by atoms with Crippen LogP contribution in [0.15, 0.2) is 34.9 Å². The molecule has 6 heteroatoms. The highest BCUT2D eigenvalue weighted by atomic mass is 32.1. The smallest absolute Gasteiger partial charge is 0.273 e. The lowest BCUT2D eigenvalue weighted by Gasteiger charge is -2.01. The molecular formula is C17H17N3O2S. The SMILES string of the molecule is O=C(NCCCc1nc2ccccc2s1)c1cc(C2CC2)on1. The maximum Gasteiger partial charge on any atom is 0.273 e. The first-order valence-electron chi connectivity index (χ1n) is 7.89. The van der Waals surface area contributed by atoms with E-state index in [9.17, 15) is 4.79 Å². The summed E-state index contributed by atoms with van der Waals surface area (Å²) in [6, 6.07) is 9.90. The van der Waals surface area contributed by atoms with E-state index in [0.717, 1.165) is 42.0 Å². The van der Waals surface area contributed by atoms with E-state index in [-0.39, 0.29) is 5.91 Å². The fourth-order valence-electron chi connectivity index (χ4n) is 2.52. The summed E-state index contributed by atoms with van der Waals surface area (Å²) in [7, 11) is 0. The van der Waals surface area contributed by atoms with Gasteiger partial charge in [-0.25, -0.2) is 4.98 Å². The number of hydrogen-bond donors (Lipinski definition) is 1. The Bertz CT molecular complexity index is 802. The van der Waals surface area contributed by atoms with Crippen molar-refractivity contribution in [2.75, 3.05) is 6.54 Å². The van der Waals surface area contributed by atoms with Gasteiger partial charge in [-0.3, -0.25) is 4.79 Å². The fourth-order valence-corrected chi connectivity index (χ4v) is 3.52. The molecule has 2 aromatic heterocycles. The molecule has 0 unspecified atom stereocenters. The van der Waals surface area contributed by atoms with Crippen LogP contribution in [0.5, 0.6) is 0 Å². The molecule has 3 aromatic rings. The number of hydrogen-bond acceptors (Lipinski definition) is 5. The molecule has 118 valence electrons. The van der Waals surface area contributed by atoms with Crippen LogP contribution in [0.2, 0.25) is 0 Å². The first-order valence-corrected chi connectivity index (χ1v) is 8.70. The Labute approximate surface area is 137 Å². The normalized spacial score (nSPS) is 14.3. The highest BCUT2D eigenvalue weighted by Gasteiger charge is 2.28. The highest BCUT2D eigenvalue weighted by molar-refractivity contribution is 7.18. The van der Waals surface area contributed by atoms with Crippen molar-refractivity contribution in [3.8, 4) is 0 Å². The van der Waals surface area contributed by atoms with Gasteiger partial charge in [0.25, 0.3) is 5.91 Å². The minimum atomic E-state index is -0.162. The number of fused-ring (bicyclic) bond motifs is 1. The summed E-state index contributed by atoms with van der Waals surface area (Å²) >= 11 is 1.71. The minimum Gasteiger partial charge on any atom is -0.360 e. The van der Waals surface area contributed by atoms with Crippen molar-refractivity contribution in [1.29, 1.82) is 0 Å². The average Bonchev–Trinajstić information content (AvgIpc) is 3.14. The molecule has 1 fully saturated rings. The van der Waals surface area contributed by atoms with Gasteiger partial charge >= 0.3 is 0 Å². The van der Waals surface area contributed by atoms with Gasteiger partial charge in [0, 0.05) is 24.9 Å². The van der Waals surface area contributed by atoms with Crippen LogP contribution in [-0.2, 0) is 6.42 Å². The first kappa shape index (κ1) is 14.4. The van der Waals surface area contributed by atoms with E-state index in [1.807, 2.05) is 18.2 Å². The number of aromatic nitrogens is 2. The highest BCUT2D eigenvalue weighted by Crippen LogP contribution is 2.40. The van der Waals surface area contributed by atoms with Crippen molar-refractivity contribution in [1.82, 2.24) is 15.5 Å². The standard InChI is InChI=1S/C17H17N3O2S/c21-17(13-10-14(22-20-13)11-7-8-11)18-9-3-6-16-19-12-4-1-2-5-15(12)23-16/h1-2,4-5,10-11H,3,6-9H2,(H,18,21). The molecular weight excluding hydrogens is 310 g/mol. The number of rotatable bonds is 6. The van der Waals surface area contributed by atoms with E-state index >= 15 is 0 Å². The number of carbonyl (C=O) groups excluding carboxylic acids is 1. The van der Waals surface area contributed by atoms with Crippen LogP contribution in [0.3, 0.4) is 0 Å². The van der Waals surface area contributed by atoms with E-state index in [1.165, 1.54) is 4.70 Å². The molecule has 1 aliphatic carbocycles. The number of thiazole rings is 1. The number of nitrogens with zero attached hydrogens (tertiary/aromatic N) is 2. The quantitative estimate of drug-likeness (QED) is 0.703. The molecule has 23 heavy (non-hydrogen) atoms. The van der Waals surface area contributed by atoms with Crippen LogP contribution < -0.4 is 5.32 Å². The summed E-state index contributed by atoms with van der Waals surface area (Å²) < 4.78 is 6.41. The lowest BCUT2D eigenvalue weighted by molar-refractivity contribution is 0.0944. The molecule has 2 heterocycles. The summed E-state index contributed by atoms with van der Waals surface area (Å²) in [5.41, 5.74) is 1.43. The molecule has 0 spiro atoms. The lowest BCUT2D eigenvalue weighted by Crippen LogP contribution is -2.25. The third-order valence-electron chi connectivity index (χ3n) is 3.93. The second-order valence-corrected chi connectivity index (χ2v) is 6.94. The van der Waals surface area contributed by atoms with Crippen molar-refractivity contribution >= 4 is 27.5 Å².